The Kier molecular flexibility index (Phi) is 356. The van der Waals surface area contributed by atoms with Crippen molar-refractivity contribution in [3.63, 3.8) is 0 Å². The van der Waals surface area contributed by atoms with Gasteiger partial charge in [-0.1, -0.05) is 0 Å². The highest BCUT2D eigenvalue weighted by Gasteiger charge is -0.101. The molecule has 0 N–H and O–H groups in total. The third kappa shape index (κ3) is 35.3. The summed E-state index contributed by atoms with van der Waals surface area (Å²) < 4.78 is 0. The molecule has 7 heteroatoms. The molecule has 0 rings (SSSR count). The lowest BCUT2D eigenvalue weighted by atomic mass is 127. The van der Waals surface area contributed by atoms with Gasteiger partial charge >= 0.3 is 0 Å². The Morgan fingerprint density at radius 1 is 0.143 bits per heavy atom. The van der Waals surface area contributed by atoms with Gasteiger partial charge in [0.05, 0.1) is 0 Å². The van der Waals surface area contributed by atoms with Crippen molar-refractivity contribution >= 4 is 168 Å². The molecule has 0 saturated carbocycles. The molecule has 0 atom stereocenters. The second-order valence-corrected chi connectivity index (χ2v) is 0. The first-order valence-electron chi connectivity index (χ1n) is 0. The Hall–Kier alpha value is 5.11. The normalized spacial score (nSPS) is 0. The van der Waals surface area contributed by atoms with Crippen molar-refractivity contribution in [1.82, 2.24) is 0 Å². The molecule has 0 unspecified atom stereocenters. The molecule has 0 amide bonds. The summed E-state index contributed by atoms with van der Waals surface area (Å²) in [6.45, 7) is 0. The minimum absolute atomic E-state index is 0. The Morgan fingerprint density at radius 3 is 0.143 bits per heavy atom. The summed E-state index contributed by atoms with van der Waals surface area (Å²) in [6.07, 6.45) is 0. The number of hydrogen-bond acceptors (Lipinski definition) is 0. The molecule has 0 bridgehead atoms. The van der Waals surface area contributed by atoms with Crippen LogP contribution in [0.5, 0.6) is 0 Å². The van der Waals surface area contributed by atoms with E-state index in [0.29, 0.717) is 0 Å². The van der Waals surface area contributed by atoms with E-state index in [4.69, 9.17) is 0 Å². The summed E-state index contributed by atoms with van der Waals surface area (Å²) in [5.41, 5.74) is 0. The number of rotatable bonds is 0. The summed E-state index contributed by atoms with van der Waals surface area (Å²) in [6, 6.07) is 0. The van der Waals surface area contributed by atoms with Gasteiger partial charge in [-0.2, -0.15) is 0 Å². The lowest BCUT2D eigenvalue weighted by Crippen LogP contribution is 0.885. The maximum absolute atomic E-state index is 0. The van der Waals surface area contributed by atoms with Crippen molar-refractivity contribution in [2.45, 2.75) is 0 Å². The number of hydrogen-bond donors (Lipinski definition) is 0. The van der Waals surface area contributed by atoms with Crippen LogP contribution in [0, 0.1) is 0 Å². The van der Waals surface area contributed by atoms with Crippen molar-refractivity contribution in [3.05, 3.63) is 0 Å². The summed E-state index contributed by atoms with van der Waals surface area (Å²) in [7, 11) is 0. The largest absolute Gasteiger partial charge is 0.107 e. The van der Waals surface area contributed by atoms with Crippen LogP contribution >= 0.6 is 168 Å². The molecule has 56 valence electrons. The standard InChI is InChI=1S/7HI/h7*1H. The third-order valence-electron chi connectivity index (χ3n) is 0. The predicted octanol–water partition coefficient (Wildman–Crippen LogP) is 4.33. The van der Waals surface area contributed by atoms with Gasteiger partial charge in [-0.25, -0.2) is 0 Å². The first-order valence-corrected chi connectivity index (χ1v) is 0. The fraction of sp³-hybridized carbons (Fsp3) is 0. The van der Waals surface area contributed by atoms with Crippen LogP contribution in [0.15, 0.2) is 0 Å². The predicted molar refractivity (Wildman–Crippen MR) is 108 cm³/mol. The van der Waals surface area contributed by atoms with Crippen LogP contribution in [-0.2, 0) is 0 Å². The van der Waals surface area contributed by atoms with E-state index in [1.54, 1.807) is 0 Å². The average Bonchev–Trinajstić information content (AvgIpc) is 0. The zero-order valence-corrected chi connectivity index (χ0v) is 19.2. The van der Waals surface area contributed by atoms with Crippen LogP contribution in [0.2, 0.25) is 0 Å². The van der Waals surface area contributed by atoms with Gasteiger partial charge in [-0.3, -0.25) is 0 Å². The van der Waals surface area contributed by atoms with Gasteiger partial charge in [0.2, 0.25) is 0 Å². The van der Waals surface area contributed by atoms with Crippen LogP contribution in [-0.4, -0.2) is 0 Å². The highest BCUT2D eigenvalue weighted by atomic mass is 127. The summed E-state index contributed by atoms with van der Waals surface area (Å²) >= 11 is 0. The molecule has 0 spiro atoms. The topological polar surface area (TPSA) is 0 Å². The maximum atomic E-state index is 0. The minimum atomic E-state index is 0. The molecule has 0 nitrogen and oxygen atoms in total. The Balaban J connectivity index is 0. The highest BCUT2D eigenvalue weighted by Crippen LogP contribution is 0.892. The average molecular weight is 895 g/mol. The SMILES string of the molecule is I.I.I.I.I.I.I. The highest BCUT2D eigenvalue weighted by molar-refractivity contribution is 14.0. The van der Waals surface area contributed by atoms with Crippen LogP contribution in [0.25, 0.3) is 0 Å². The molecular weight excluding hydrogens is 888 g/mol. The van der Waals surface area contributed by atoms with E-state index in [1.807, 2.05) is 0 Å². The first-order chi connectivity index (χ1) is 0. The van der Waals surface area contributed by atoms with Crippen LogP contribution < -0.4 is 0 Å². The molecule has 0 aliphatic carbocycles. The van der Waals surface area contributed by atoms with Crippen molar-refractivity contribution in [1.29, 1.82) is 0 Å². The van der Waals surface area contributed by atoms with E-state index in [2.05, 4.69) is 0 Å². The van der Waals surface area contributed by atoms with E-state index >= 15 is 0 Å². The van der Waals surface area contributed by atoms with E-state index < -0.39 is 0 Å². The fourth-order valence-corrected chi connectivity index (χ4v) is 0. The van der Waals surface area contributed by atoms with Gasteiger partial charge in [0, 0.05) is 0 Å². The minimum Gasteiger partial charge on any atom is -0.107 e. The molecule has 0 radical (unpaired) electrons. The quantitative estimate of drug-likeness (QED) is 0.319. The van der Waals surface area contributed by atoms with Gasteiger partial charge in [0.1, 0.15) is 0 Å². The molecule has 0 fully saturated rings. The van der Waals surface area contributed by atoms with Crippen molar-refractivity contribution in [3.8, 4) is 0 Å². The molecule has 0 aliphatic rings. The Bertz CT molecular complexity index is 0. The first kappa shape index (κ1) is 57.2. The lowest BCUT2D eigenvalue weighted by molar-refractivity contribution is 14.0. The monoisotopic (exact) mass is 895 g/mol. The number of halogens is 7. The molecule has 0 aliphatic heterocycles. The van der Waals surface area contributed by atoms with E-state index in [9.17, 15) is 0 Å². The lowest BCUT2D eigenvalue weighted by Gasteiger charge is -0.108. The van der Waals surface area contributed by atoms with E-state index in [1.165, 1.54) is 0 Å². The van der Waals surface area contributed by atoms with Crippen LogP contribution in [0.1, 0.15) is 0 Å². The van der Waals surface area contributed by atoms with Gasteiger partial charge < -0.3 is 0 Å². The molecule has 7 heavy (non-hydrogen) atoms. The van der Waals surface area contributed by atoms with Gasteiger partial charge in [0.15, 0.2) is 0 Å². The second-order valence-electron chi connectivity index (χ2n) is 0. The van der Waals surface area contributed by atoms with Crippen molar-refractivity contribution < 1.29 is 0 Å². The van der Waals surface area contributed by atoms with Crippen molar-refractivity contribution in [2.75, 3.05) is 0 Å². The summed E-state index contributed by atoms with van der Waals surface area (Å²) in [4.78, 5) is 0. The van der Waals surface area contributed by atoms with Gasteiger partial charge in [-0.05, 0) is 0 Å². The molecule has 0 aromatic heterocycles. The molecule has 0 heterocycles. The zero-order valence-electron chi connectivity index (χ0n) is 2.86. The second kappa shape index (κ2) is 43.5. The van der Waals surface area contributed by atoms with E-state index in [0.717, 1.165) is 0 Å². The summed E-state index contributed by atoms with van der Waals surface area (Å²) in [5, 5.41) is 0. The van der Waals surface area contributed by atoms with Crippen LogP contribution in [0.4, 0.5) is 0 Å². The van der Waals surface area contributed by atoms with Crippen LogP contribution in [0.3, 0.4) is 0 Å². The van der Waals surface area contributed by atoms with Crippen molar-refractivity contribution in [2.24, 2.45) is 0 Å². The van der Waals surface area contributed by atoms with Gasteiger partial charge in [0.25, 0.3) is 0 Å². The maximum Gasteiger partial charge on any atom is -0.107 e. The fourth-order valence-electron chi connectivity index (χ4n) is 0. The smallest absolute Gasteiger partial charge is 0.107 e. The summed E-state index contributed by atoms with van der Waals surface area (Å²) in [5.74, 6) is 0. The molecular formula is H7I7. The molecule has 0 aromatic carbocycles. The Morgan fingerprint density at radius 2 is 0.143 bits per heavy atom. The Labute approximate surface area is 163 Å². The van der Waals surface area contributed by atoms with E-state index in [-0.39, 0.29) is 168 Å². The third-order valence-corrected chi connectivity index (χ3v) is 0. The molecule has 0 aromatic rings. The zero-order chi connectivity index (χ0) is 0. The molecule has 0 saturated heterocycles. The van der Waals surface area contributed by atoms with Gasteiger partial charge in [-0.15, -0.1) is 168 Å².